The molecule has 1 aromatic heterocycles. The number of carbonyl (C=O) groups is 2. The summed E-state index contributed by atoms with van der Waals surface area (Å²) >= 11 is 0. The monoisotopic (exact) mass is 349 g/mol. The predicted molar refractivity (Wildman–Crippen MR) is 86.9 cm³/mol. The average molecular weight is 349 g/mol. The van der Waals surface area contributed by atoms with Crippen LogP contribution in [0.3, 0.4) is 0 Å². The molecule has 25 heavy (non-hydrogen) atoms. The molecular weight excluding hydrogens is 326 g/mol. The number of aromatic nitrogens is 1. The number of ether oxygens (including phenoxy) is 4. The van der Waals surface area contributed by atoms with Crippen molar-refractivity contribution in [2.45, 2.75) is 57.0 Å². The third-order valence-electron chi connectivity index (χ3n) is 4.39. The second-order valence-electron chi connectivity index (χ2n) is 6.27. The summed E-state index contributed by atoms with van der Waals surface area (Å²) in [4.78, 5) is 27.9. The molecule has 0 bridgehead atoms. The topological polar surface area (TPSA) is 84.0 Å². The Balaban J connectivity index is 1.50. The molecule has 0 radical (unpaired) electrons. The standard InChI is InChI=1S/C18H23NO6/c1-2-3-4-7-15(20)24-13-10-22-17-14(11-23-16(13)17)25-18(21)12-6-5-8-19-9-12/h5-6,8-9,13-14,16-17H,2-4,7,10-11H2,1H3/t13?,14?,16-,17?/m1/s1. The zero-order chi connectivity index (χ0) is 17.6. The van der Waals surface area contributed by atoms with E-state index in [9.17, 15) is 9.59 Å². The third-order valence-corrected chi connectivity index (χ3v) is 4.39. The number of hydrogen-bond acceptors (Lipinski definition) is 7. The van der Waals surface area contributed by atoms with E-state index in [1.165, 1.54) is 6.20 Å². The summed E-state index contributed by atoms with van der Waals surface area (Å²) in [6.45, 7) is 2.57. The molecule has 4 atom stereocenters. The second kappa shape index (κ2) is 8.40. The number of unbranched alkanes of at least 4 members (excludes halogenated alkanes) is 2. The number of hydrogen-bond donors (Lipinski definition) is 0. The summed E-state index contributed by atoms with van der Waals surface area (Å²) in [6.07, 6.45) is 4.57. The van der Waals surface area contributed by atoms with Crippen molar-refractivity contribution in [3.05, 3.63) is 30.1 Å². The van der Waals surface area contributed by atoms with Crippen LogP contribution in [0.25, 0.3) is 0 Å². The van der Waals surface area contributed by atoms with Crippen molar-refractivity contribution in [1.29, 1.82) is 0 Å². The Hall–Kier alpha value is -1.99. The molecule has 2 fully saturated rings. The van der Waals surface area contributed by atoms with Gasteiger partial charge in [0.2, 0.25) is 0 Å². The van der Waals surface area contributed by atoms with Gasteiger partial charge in [0.15, 0.2) is 12.2 Å². The molecule has 2 saturated heterocycles. The number of rotatable bonds is 7. The Kier molecular flexibility index (Phi) is 5.99. The lowest BCUT2D eigenvalue weighted by Gasteiger charge is -2.17. The molecule has 2 aliphatic rings. The quantitative estimate of drug-likeness (QED) is 0.549. The van der Waals surface area contributed by atoms with Crippen LogP contribution >= 0.6 is 0 Å². The normalized spacial score (nSPS) is 27.7. The average Bonchev–Trinajstić information content (AvgIpc) is 3.20. The molecular formula is C18H23NO6. The minimum atomic E-state index is -0.513. The zero-order valence-electron chi connectivity index (χ0n) is 14.3. The van der Waals surface area contributed by atoms with Crippen LogP contribution in [0.2, 0.25) is 0 Å². The Morgan fingerprint density at radius 2 is 1.88 bits per heavy atom. The fourth-order valence-corrected chi connectivity index (χ4v) is 3.07. The maximum Gasteiger partial charge on any atom is 0.340 e. The van der Waals surface area contributed by atoms with Crippen LogP contribution in [-0.2, 0) is 23.7 Å². The van der Waals surface area contributed by atoms with Gasteiger partial charge in [0.1, 0.15) is 12.2 Å². The number of fused-ring (bicyclic) bond motifs is 1. The molecule has 1 aromatic rings. The fraction of sp³-hybridized carbons (Fsp3) is 0.611. The van der Waals surface area contributed by atoms with Gasteiger partial charge >= 0.3 is 11.9 Å². The van der Waals surface area contributed by atoms with Gasteiger partial charge in [-0.15, -0.1) is 0 Å². The highest BCUT2D eigenvalue weighted by Crippen LogP contribution is 2.31. The number of carbonyl (C=O) groups excluding carboxylic acids is 2. The van der Waals surface area contributed by atoms with Crippen LogP contribution in [-0.4, -0.2) is 54.6 Å². The SMILES string of the molecule is CCCCCC(=O)OC1COC2C(OC(=O)c3cccnc3)CO[C@H]12. The fourth-order valence-electron chi connectivity index (χ4n) is 3.07. The van der Waals surface area contributed by atoms with Crippen LogP contribution in [0.4, 0.5) is 0 Å². The third kappa shape index (κ3) is 4.35. The Morgan fingerprint density at radius 3 is 2.52 bits per heavy atom. The lowest BCUT2D eigenvalue weighted by atomic mass is 10.1. The van der Waals surface area contributed by atoms with Crippen LogP contribution in [0.5, 0.6) is 0 Å². The summed E-state index contributed by atoms with van der Waals surface area (Å²) < 4.78 is 22.3. The minimum absolute atomic E-state index is 0.227. The molecule has 0 aliphatic carbocycles. The highest BCUT2D eigenvalue weighted by molar-refractivity contribution is 5.89. The van der Waals surface area contributed by atoms with Crippen LogP contribution < -0.4 is 0 Å². The van der Waals surface area contributed by atoms with E-state index < -0.39 is 24.3 Å². The van der Waals surface area contributed by atoms with Gasteiger partial charge in [-0.2, -0.15) is 0 Å². The van der Waals surface area contributed by atoms with Gasteiger partial charge in [-0.05, 0) is 18.6 Å². The molecule has 2 aliphatic heterocycles. The largest absolute Gasteiger partial charge is 0.457 e. The molecule has 0 spiro atoms. The van der Waals surface area contributed by atoms with E-state index in [1.807, 2.05) is 0 Å². The molecule has 0 aromatic carbocycles. The smallest absolute Gasteiger partial charge is 0.340 e. The summed E-state index contributed by atoms with van der Waals surface area (Å²) in [6, 6.07) is 3.31. The minimum Gasteiger partial charge on any atom is -0.457 e. The van der Waals surface area contributed by atoms with Crippen LogP contribution in [0.15, 0.2) is 24.5 Å². The van der Waals surface area contributed by atoms with E-state index in [0.29, 0.717) is 12.0 Å². The molecule has 0 amide bonds. The van der Waals surface area contributed by atoms with Crippen molar-refractivity contribution in [2.75, 3.05) is 13.2 Å². The van der Waals surface area contributed by atoms with Gasteiger partial charge in [-0.1, -0.05) is 19.8 Å². The van der Waals surface area contributed by atoms with Crippen molar-refractivity contribution in [1.82, 2.24) is 4.98 Å². The van der Waals surface area contributed by atoms with Crippen LogP contribution in [0.1, 0.15) is 43.0 Å². The zero-order valence-corrected chi connectivity index (χ0v) is 14.3. The van der Waals surface area contributed by atoms with Crippen molar-refractivity contribution in [2.24, 2.45) is 0 Å². The van der Waals surface area contributed by atoms with Crippen molar-refractivity contribution >= 4 is 11.9 Å². The molecule has 3 heterocycles. The van der Waals surface area contributed by atoms with E-state index in [-0.39, 0.29) is 25.3 Å². The Morgan fingerprint density at radius 1 is 1.16 bits per heavy atom. The van der Waals surface area contributed by atoms with Gasteiger partial charge in [0, 0.05) is 18.8 Å². The van der Waals surface area contributed by atoms with Gasteiger partial charge < -0.3 is 18.9 Å². The van der Waals surface area contributed by atoms with Crippen molar-refractivity contribution in [3.63, 3.8) is 0 Å². The highest BCUT2D eigenvalue weighted by Gasteiger charge is 2.51. The molecule has 7 nitrogen and oxygen atoms in total. The van der Waals surface area contributed by atoms with Crippen molar-refractivity contribution < 1.29 is 28.5 Å². The first-order valence-electron chi connectivity index (χ1n) is 8.72. The van der Waals surface area contributed by atoms with E-state index in [4.69, 9.17) is 18.9 Å². The molecule has 136 valence electrons. The Labute approximate surface area is 146 Å². The first-order chi connectivity index (χ1) is 12.2. The van der Waals surface area contributed by atoms with E-state index >= 15 is 0 Å². The molecule has 3 rings (SSSR count). The van der Waals surface area contributed by atoms with Gasteiger partial charge in [-0.3, -0.25) is 9.78 Å². The highest BCUT2D eigenvalue weighted by atomic mass is 16.7. The number of pyridine rings is 1. The lowest BCUT2D eigenvalue weighted by Crippen LogP contribution is -2.36. The number of esters is 2. The van der Waals surface area contributed by atoms with E-state index in [0.717, 1.165) is 19.3 Å². The predicted octanol–water partition coefficient (Wildman–Crippen LogP) is 1.90. The maximum absolute atomic E-state index is 12.1. The second-order valence-corrected chi connectivity index (χ2v) is 6.27. The molecule has 3 unspecified atom stereocenters. The molecule has 0 N–H and O–H groups in total. The summed E-state index contributed by atoms with van der Waals surface area (Å²) in [5, 5.41) is 0. The van der Waals surface area contributed by atoms with E-state index in [1.54, 1.807) is 18.3 Å². The Bertz CT molecular complexity index is 592. The lowest BCUT2D eigenvalue weighted by molar-refractivity contribution is -0.153. The number of nitrogens with zero attached hydrogens (tertiary/aromatic N) is 1. The van der Waals surface area contributed by atoms with Crippen molar-refractivity contribution in [3.8, 4) is 0 Å². The summed E-state index contributed by atoms with van der Waals surface area (Å²) in [7, 11) is 0. The first kappa shape index (κ1) is 17.8. The first-order valence-corrected chi connectivity index (χ1v) is 8.72. The van der Waals surface area contributed by atoms with E-state index in [2.05, 4.69) is 11.9 Å². The molecule has 7 heteroatoms. The van der Waals surface area contributed by atoms with Crippen LogP contribution in [0, 0.1) is 0 Å². The molecule has 0 saturated carbocycles. The van der Waals surface area contributed by atoms with Gasteiger partial charge in [0.05, 0.1) is 18.8 Å². The van der Waals surface area contributed by atoms with Gasteiger partial charge in [0.25, 0.3) is 0 Å². The summed E-state index contributed by atoms with van der Waals surface area (Å²) in [5.74, 6) is -0.701. The maximum atomic E-state index is 12.1. The summed E-state index contributed by atoms with van der Waals surface area (Å²) in [5.41, 5.74) is 0.378. The van der Waals surface area contributed by atoms with Gasteiger partial charge in [-0.25, -0.2) is 4.79 Å².